The number of thiol groups is 1. The van der Waals surface area contributed by atoms with E-state index in [1.54, 1.807) is 53.7 Å². The minimum atomic E-state index is -1.08. The van der Waals surface area contributed by atoms with E-state index in [1.165, 1.54) is 12.0 Å². The van der Waals surface area contributed by atoms with Crippen LogP contribution in [-0.2, 0) is 23.9 Å². The lowest BCUT2D eigenvalue weighted by atomic mass is 9.93. The molecule has 2 atom stereocenters. The normalized spacial score (nSPS) is 13.3. The molecule has 10 heteroatoms. The lowest BCUT2D eigenvalue weighted by Gasteiger charge is -2.43. The van der Waals surface area contributed by atoms with E-state index >= 15 is 0 Å². The number of hydrogen-bond donors (Lipinski definition) is 3. The minimum absolute atomic E-state index is 0.0189. The molecular formula is C24H37N3O6S. The third-order valence-electron chi connectivity index (χ3n) is 4.76. The third-order valence-corrected chi connectivity index (χ3v) is 5.12. The van der Waals surface area contributed by atoms with Crippen LogP contribution in [0.25, 0.3) is 0 Å². The van der Waals surface area contributed by atoms with E-state index in [9.17, 15) is 19.2 Å². The van der Waals surface area contributed by atoms with Crippen LogP contribution in [0.1, 0.15) is 58.7 Å². The van der Waals surface area contributed by atoms with Gasteiger partial charge in [0.1, 0.15) is 24.2 Å². The van der Waals surface area contributed by atoms with Crippen molar-refractivity contribution in [1.29, 1.82) is 0 Å². The maximum atomic E-state index is 13.8. The molecular weight excluding hydrogens is 458 g/mol. The van der Waals surface area contributed by atoms with Crippen molar-refractivity contribution in [3.05, 3.63) is 35.4 Å². The summed E-state index contributed by atoms with van der Waals surface area (Å²) in [5, 5.41) is 5.12. The Morgan fingerprint density at radius 3 is 2.12 bits per heavy atom. The second-order valence-corrected chi connectivity index (χ2v) is 10.2. The Balaban J connectivity index is 3.46. The summed E-state index contributed by atoms with van der Waals surface area (Å²) < 4.78 is 9.91. The maximum Gasteiger partial charge on any atom is 0.408 e. The van der Waals surface area contributed by atoms with Crippen molar-refractivity contribution in [3.8, 4) is 0 Å². The standard InChI is InChI=1S/C24H37N3O6S/c1-15-11-9-10-12-16(15)19(20(29)25-13-18(28)32-8)27(23(2,3)4)21(30)17(14-34)26-22(31)33-24(5,6)7/h9-12,17,19,34H,13-14H2,1-8H3,(H,25,29)(H,26,31). The van der Waals surface area contributed by atoms with E-state index in [-0.39, 0.29) is 12.3 Å². The number of amides is 3. The molecule has 1 rings (SSSR count). The summed E-state index contributed by atoms with van der Waals surface area (Å²) in [6.45, 7) is 12.0. The van der Waals surface area contributed by atoms with Gasteiger partial charge < -0.3 is 25.0 Å². The van der Waals surface area contributed by atoms with Crippen molar-refractivity contribution in [1.82, 2.24) is 15.5 Å². The van der Waals surface area contributed by atoms with Gasteiger partial charge in [0.2, 0.25) is 11.8 Å². The number of methoxy groups -OCH3 is 1. The van der Waals surface area contributed by atoms with Gasteiger partial charge in [-0.15, -0.1) is 0 Å². The van der Waals surface area contributed by atoms with Crippen LogP contribution in [0.2, 0.25) is 0 Å². The van der Waals surface area contributed by atoms with E-state index < -0.39 is 47.1 Å². The molecule has 34 heavy (non-hydrogen) atoms. The fraction of sp³-hybridized carbons (Fsp3) is 0.583. The van der Waals surface area contributed by atoms with Gasteiger partial charge in [-0.3, -0.25) is 14.4 Å². The largest absolute Gasteiger partial charge is 0.468 e. The van der Waals surface area contributed by atoms with Crippen LogP contribution < -0.4 is 10.6 Å². The molecule has 0 aliphatic carbocycles. The topological polar surface area (TPSA) is 114 Å². The Morgan fingerprint density at radius 1 is 1.06 bits per heavy atom. The number of aryl methyl sites for hydroxylation is 1. The molecule has 0 aliphatic rings. The zero-order valence-electron chi connectivity index (χ0n) is 21.2. The van der Waals surface area contributed by atoms with Crippen LogP contribution in [0.4, 0.5) is 4.79 Å². The SMILES string of the molecule is COC(=O)CNC(=O)C(c1ccccc1C)N(C(=O)C(CS)NC(=O)OC(C)(C)C)C(C)(C)C. The van der Waals surface area contributed by atoms with Gasteiger partial charge in [0, 0.05) is 11.3 Å². The van der Waals surface area contributed by atoms with Crippen molar-refractivity contribution in [2.75, 3.05) is 19.4 Å². The quantitative estimate of drug-likeness (QED) is 0.378. The molecule has 2 unspecified atom stereocenters. The predicted octanol–water partition coefficient (Wildman–Crippen LogP) is 2.78. The fourth-order valence-corrected chi connectivity index (χ4v) is 3.52. The summed E-state index contributed by atoms with van der Waals surface area (Å²) in [5.41, 5.74) is -0.229. The monoisotopic (exact) mass is 495 g/mol. The van der Waals surface area contributed by atoms with Crippen molar-refractivity contribution in [2.45, 2.75) is 71.7 Å². The van der Waals surface area contributed by atoms with Gasteiger partial charge in [0.25, 0.3) is 0 Å². The Kier molecular flexibility index (Phi) is 10.4. The van der Waals surface area contributed by atoms with E-state index in [0.29, 0.717) is 5.56 Å². The van der Waals surface area contributed by atoms with Crippen LogP contribution in [0.15, 0.2) is 24.3 Å². The van der Waals surface area contributed by atoms with Crippen LogP contribution in [0.3, 0.4) is 0 Å². The van der Waals surface area contributed by atoms with Crippen molar-refractivity contribution < 1.29 is 28.7 Å². The molecule has 1 aromatic rings. The lowest BCUT2D eigenvalue weighted by molar-refractivity contribution is -0.149. The predicted molar refractivity (Wildman–Crippen MR) is 133 cm³/mol. The zero-order valence-corrected chi connectivity index (χ0v) is 22.1. The highest BCUT2D eigenvalue weighted by Crippen LogP contribution is 2.31. The number of carbonyl (C=O) groups excluding carboxylic acids is 4. The van der Waals surface area contributed by atoms with E-state index in [4.69, 9.17) is 4.74 Å². The molecule has 0 saturated heterocycles. The number of hydrogen-bond acceptors (Lipinski definition) is 7. The van der Waals surface area contributed by atoms with Crippen LogP contribution in [-0.4, -0.2) is 65.4 Å². The zero-order chi connectivity index (χ0) is 26.3. The summed E-state index contributed by atoms with van der Waals surface area (Å²) in [6, 6.07) is 5.03. The number of carbonyl (C=O) groups is 4. The van der Waals surface area contributed by atoms with Crippen molar-refractivity contribution >= 4 is 36.5 Å². The van der Waals surface area contributed by atoms with Gasteiger partial charge in [-0.25, -0.2) is 4.79 Å². The van der Waals surface area contributed by atoms with Gasteiger partial charge in [0.05, 0.1) is 7.11 Å². The van der Waals surface area contributed by atoms with Crippen LogP contribution >= 0.6 is 12.6 Å². The average molecular weight is 496 g/mol. The van der Waals surface area contributed by atoms with Gasteiger partial charge >= 0.3 is 12.1 Å². The third kappa shape index (κ3) is 8.55. The molecule has 0 fully saturated rings. The Morgan fingerprint density at radius 2 is 1.65 bits per heavy atom. The number of nitrogens with zero attached hydrogens (tertiary/aromatic N) is 1. The molecule has 1 aromatic carbocycles. The second kappa shape index (κ2) is 12.1. The fourth-order valence-electron chi connectivity index (χ4n) is 3.27. The molecule has 9 nitrogen and oxygen atoms in total. The van der Waals surface area contributed by atoms with E-state index in [1.807, 2.05) is 19.1 Å². The smallest absolute Gasteiger partial charge is 0.408 e. The van der Waals surface area contributed by atoms with E-state index in [2.05, 4.69) is 28.0 Å². The first-order chi connectivity index (χ1) is 15.6. The molecule has 0 bridgehead atoms. The minimum Gasteiger partial charge on any atom is -0.468 e. The summed E-state index contributed by atoms with van der Waals surface area (Å²) in [5.74, 6) is -1.71. The molecule has 0 spiro atoms. The Hall–Kier alpha value is -2.75. The average Bonchev–Trinajstić information content (AvgIpc) is 2.71. The molecule has 0 aliphatic heterocycles. The van der Waals surface area contributed by atoms with Crippen LogP contribution in [0.5, 0.6) is 0 Å². The molecule has 2 N–H and O–H groups in total. The first kappa shape index (κ1) is 29.3. The van der Waals surface area contributed by atoms with Gasteiger partial charge in [-0.05, 0) is 59.6 Å². The van der Waals surface area contributed by atoms with Gasteiger partial charge in [0.15, 0.2) is 0 Å². The maximum absolute atomic E-state index is 13.8. The summed E-state index contributed by atoms with van der Waals surface area (Å²) in [6.07, 6.45) is -0.767. The number of benzene rings is 1. The van der Waals surface area contributed by atoms with Gasteiger partial charge in [-0.2, -0.15) is 12.6 Å². The molecule has 0 aromatic heterocycles. The first-order valence-corrected chi connectivity index (χ1v) is 11.6. The first-order valence-electron chi connectivity index (χ1n) is 11.0. The van der Waals surface area contributed by atoms with Crippen molar-refractivity contribution in [2.24, 2.45) is 0 Å². The Labute approximate surface area is 207 Å². The molecule has 190 valence electrons. The van der Waals surface area contributed by atoms with E-state index in [0.717, 1.165) is 5.56 Å². The number of alkyl carbamates (subject to hydrolysis) is 1. The Bertz CT molecular complexity index is 891. The highest BCUT2D eigenvalue weighted by Gasteiger charge is 2.42. The van der Waals surface area contributed by atoms with Gasteiger partial charge in [-0.1, -0.05) is 24.3 Å². The summed E-state index contributed by atoms with van der Waals surface area (Å²) >= 11 is 4.26. The highest BCUT2D eigenvalue weighted by atomic mass is 32.1. The number of rotatable bonds is 8. The summed E-state index contributed by atoms with van der Waals surface area (Å²) in [4.78, 5) is 52.6. The lowest BCUT2D eigenvalue weighted by Crippen LogP contribution is -2.59. The number of ether oxygens (including phenoxy) is 2. The second-order valence-electron chi connectivity index (χ2n) is 9.81. The number of nitrogens with one attached hydrogen (secondary N) is 2. The number of esters is 1. The highest BCUT2D eigenvalue weighted by molar-refractivity contribution is 7.80. The van der Waals surface area contributed by atoms with Crippen molar-refractivity contribution in [3.63, 3.8) is 0 Å². The van der Waals surface area contributed by atoms with Crippen LogP contribution in [0, 0.1) is 6.92 Å². The molecule has 0 heterocycles. The molecule has 0 saturated carbocycles. The summed E-state index contributed by atoms with van der Waals surface area (Å²) in [7, 11) is 1.22. The molecule has 0 radical (unpaired) electrons. The molecule has 3 amide bonds.